The Bertz CT molecular complexity index is 1590. The van der Waals surface area contributed by atoms with Gasteiger partial charge in [0.1, 0.15) is 12.4 Å². The number of nitrogens with one attached hydrogen (secondary N) is 2. The Labute approximate surface area is 243 Å². The highest BCUT2D eigenvalue weighted by Crippen LogP contribution is 2.44. The molecule has 0 spiro atoms. The molecule has 5 rings (SSSR count). The molecule has 0 radical (unpaired) electrons. The first-order valence-corrected chi connectivity index (χ1v) is 13.6. The number of anilines is 2. The van der Waals surface area contributed by atoms with Crippen molar-refractivity contribution in [1.29, 1.82) is 0 Å². The summed E-state index contributed by atoms with van der Waals surface area (Å²) in [4.78, 5) is 18.9. The standard InChI is InChI=1S/C30H30ClN5O3S/c1-17-13-21(9-10-23(17)33-27(38)16-39-4)36-29(28(34-30(36)40)24-7-5-6-12-32-24)22-14-18(2)35(19(22)3)25-15-20(31)8-11-26(25)37/h5-15,28-29,37H,16H2,1-4H3,(H,33,38)(H,34,40)/t28-,29-/m1/s1. The fourth-order valence-corrected chi connectivity index (χ4v) is 5.85. The zero-order chi connectivity index (χ0) is 28.6. The molecular weight excluding hydrogens is 546 g/mol. The highest BCUT2D eigenvalue weighted by Gasteiger charge is 2.42. The first-order chi connectivity index (χ1) is 19.2. The van der Waals surface area contributed by atoms with Crippen molar-refractivity contribution in [3.8, 4) is 11.4 Å². The van der Waals surface area contributed by atoms with Gasteiger partial charge in [-0.2, -0.15) is 0 Å². The van der Waals surface area contributed by atoms with Gasteiger partial charge in [0.2, 0.25) is 5.91 Å². The predicted octanol–water partition coefficient (Wildman–Crippen LogP) is 5.92. The lowest BCUT2D eigenvalue weighted by Gasteiger charge is -2.29. The van der Waals surface area contributed by atoms with Crippen molar-refractivity contribution in [1.82, 2.24) is 14.9 Å². The quantitative estimate of drug-likeness (QED) is 0.236. The van der Waals surface area contributed by atoms with Crippen molar-refractivity contribution in [3.05, 3.63) is 100 Å². The number of phenols is 1. The van der Waals surface area contributed by atoms with Crippen LogP contribution in [0.2, 0.25) is 5.02 Å². The molecule has 0 saturated carbocycles. The van der Waals surface area contributed by atoms with E-state index in [1.165, 1.54) is 7.11 Å². The largest absolute Gasteiger partial charge is 0.506 e. The molecule has 1 aliphatic rings. The molecule has 40 heavy (non-hydrogen) atoms. The summed E-state index contributed by atoms with van der Waals surface area (Å²) in [5, 5.41) is 18.2. The first kappa shape index (κ1) is 27.6. The maximum Gasteiger partial charge on any atom is 0.250 e. The number of amides is 1. The Morgan fingerprint density at radius 2 is 1.95 bits per heavy atom. The second-order valence-electron chi connectivity index (χ2n) is 9.77. The number of methoxy groups -OCH3 is 1. The van der Waals surface area contributed by atoms with Gasteiger partial charge >= 0.3 is 0 Å². The van der Waals surface area contributed by atoms with Gasteiger partial charge in [-0.25, -0.2) is 0 Å². The average Bonchev–Trinajstić information content (AvgIpc) is 3.42. The number of hydrogen-bond acceptors (Lipinski definition) is 5. The van der Waals surface area contributed by atoms with E-state index in [1.807, 2.05) is 61.7 Å². The summed E-state index contributed by atoms with van der Waals surface area (Å²) in [7, 11) is 1.49. The number of carbonyl (C=O) groups excluding carboxylic acids is 1. The van der Waals surface area contributed by atoms with Crippen LogP contribution in [0.4, 0.5) is 11.4 Å². The van der Waals surface area contributed by atoms with E-state index in [-0.39, 0.29) is 30.3 Å². The summed E-state index contributed by atoms with van der Waals surface area (Å²) in [6, 6.07) is 18.3. The smallest absolute Gasteiger partial charge is 0.250 e. The lowest BCUT2D eigenvalue weighted by molar-refractivity contribution is -0.119. The number of rotatable bonds is 7. The van der Waals surface area contributed by atoms with Gasteiger partial charge < -0.3 is 29.9 Å². The van der Waals surface area contributed by atoms with Crippen molar-refractivity contribution in [2.24, 2.45) is 0 Å². The average molecular weight is 576 g/mol. The Morgan fingerprint density at radius 1 is 1.15 bits per heavy atom. The van der Waals surface area contributed by atoms with Crippen molar-refractivity contribution < 1.29 is 14.6 Å². The van der Waals surface area contributed by atoms with Crippen LogP contribution in [-0.2, 0) is 9.53 Å². The topological polar surface area (TPSA) is 91.7 Å². The van der Waals surface area contributed by atoms with E-state index in [2.05, 4.69) is 26.6 Å². The molecule has 1 saturated heterocycles. The second kappa shape index (κ2) is 11.3. The van der Waals surface area contributed by atoms with Crippen LogP contribution in [0.5, 0.6) is 5.75 Å². The zero-order valence-electron chi connectivity index (χ0n) is 22.6. The molecule has 2 aromatic heterocycles. The van der Waals surface area contributed by atoms with Gasteiger partial charge in [-0.15, -0.1) is 0 Å². The fourth-order valence-electron chi connectivity index (χ4n) is 5.34. The zero-order valence-corrected chi connectivity index (χ0v) is 24.2. The Hall–Kier alpha value is -3.92. The van der Waals surface area contributed by atoms with Crippen molar-refractivity contribution in [2.75, 3.05) is 23.9 Å². The molecule has 3 heterocycles. The van der Waals surface area contributed by atoms with Gasteiger partial charge in [0.15, 0.2) is 5.11 Å². The number of aromatic nitrogens is 2. The number of benzene rings is 2. The Kier molecular flexibility index (Phi) is 7.80. The minimum atomic E-state index is -0.253. The monoisotopic (exact) mass is 575 g/mol. The van der Waals surface area contributed by atoms with E-state index < -0.39 is 0 Å². The van der Waals surface area contributed by atoms with Gasteiger partial charge in [-0.05, 0) is 98.7 Å². The van der Waals surface area contributed by atoms with Gasteiger partial charge in [-0.1, -0.05) is 17.7 Å². The molecule has 2 aromatic carbocycles. The highest BCUT2D eigenvalue weighted by molar-refractivity contribution is 7.80. The maximum absolute atomic E-state index is 12.1. The summed E-state index contributed by atoms with van der Waals surface area (Å²) < 4.78 is 6.95. The number of halogens is 1. The molecule has 2 atom stereocenters. The molecule has 206 valence electrons. The van der Waals surface area contributed by atoms with Gasteiger partial charge in [0.25, 0.3) is 0 Å². The van der Waals surface area contributed by atoms with E-state index in [0.717, 1.165) is 33.9 Å². The van der Waals surface area contributed by atoms with Crippen LogP contribution in [0.25, 0.3) is 5.69 Å². The molecule has 4 aromatic rings. The second-order valence-corrected chi connectivity index (χ2v) is 10.6. The minimum absolute atomic E-state index is 0.0209. The Balaban J connectivity index is 1.63. The number of ether oxygens (including phenoxy) is 1. The molecule has 1 amide bonds. The van der Waals surface area contributed by atoms with E-state index in [1.54, 1.807) is 24.4 Å². The van der Waals surface area contributed by atoms with Gasteiger partial charge in [-0.3, -0.25) is 9.78 Å². The molecule has 8 nitrogen and oxygen atoms in total. The first-order valence-electron chi connectivity index (χ1n) is 12.8. The van der Waals surface area contributed by atoms with Crippen molar-refractivity contribution in [3.63, 3.8) is 0 Å². The Morgan fingerprint density at radius 3 is 2.65 bits per heavy atom. The molecule has 10 heteroatoms. The number of thiocarbonyl (C=S) groups is 1. The SMILES string of the molecule is COCC(=O)Nc1ccc(N2C(=S)N[C@H](c3ccccn3)[C@H]2c2cc(C)n(-c3cc(Cl)ccc3O)c2C)cc1C. The molecule has 3 N–H and O–H groups in total. The third-order valence-corrected chi connectivity index (χ3v) is 7.65. The number of nitrogens with zero attached hydrogens (tertiary/aromatic N) is 3. The molecule has 1 aliphatic heterocycles. The van der Waals surface area contributed by atoms with E-state index >= 15 is 0 Å². The third kappa shape index (κ3) is 5.15. The van der Waals surface area contributed by atoms with Gasteiger partial charge in [0.05, 0.1) is 23.5 Å². The fraction of sp³-hybridized carbons (Fsp3) is 0.233. The number of pyridine rings is 1. The lowest BCUT2D eigenvalue weighted by atomic mass is 9.96. The van der Waals surface area contributed by atoms with Crippen LogP contribution in [0, 0.1) is 20.8 Å². The molecule has 1 fully saturated rings. The van der Waals surface area contributed by atoms with E-state index in [0.29, 0.717) is 21.5 Å². The summed E-state index contributed by atoms with van der Waals surface area (Å²) in [5.74, 6) is -0.0841. The number of aryl methyl sites for hydroxylation is 2. The summed E-state index contributed by atoms with van der Waals surface area (Å²) in [5.41, 5.74) is 6.83. The molecule has 0 aliphatic carbocycles. The van der Waals surface area contributed by atoms with Crippen molar-refractivity contribution >= 4 is 46.2 Å². The number of aromatic hydroxyl groups is 1. The van der Waals surface area contributed by atoms with E-state index in [9.17, 15) is 9.90 Å². The molecular formula is C30H30ClN5O3S. The third-order valence-electron chi connectivity index (χ3n) is 7.10. The minimum Gasteiger partial charge on any atom is -0.506 e. The van der Waals surface area contributed by atoms with Crippen LogP contribution in [0.1, 0.15) is 40.3 Å². The summed E-state index contributed by atoms with van der Waals surface area (Å²) >= 11 is 12.2. The maximum atomic E-state index is 12.1. The molecule has 0 unspecified atom stereocenters. The normalized spacial score (nSPS) is 16.7. The lowest BCUT2D eigenvalue weighted by Crippen LogP contribution is -2.29. The number of hydrogen-bond donors (Lipinski definition) is 3. The van der Waals surface area contributed by atoms with Crippen LogP contribution < -0.4 is 15.5 Å². The van der Waals surface area contributed by atoms with Crippen LogP contribution in [-0.4, -0.2) is 39.4 Å². The number of carbonyl (C=O) groups is 1. The van der Waals surface area contributed by atoms with Crippen LogP contribution in [0.3, 0.4) is 0 Å². The van der Waals surface area contributed by atoms with Gasteiger partial charge in [0, 0.05) is 41.1 Å². The highest BCUT2D eigenvalue weighted by atomic mass is 35.5. The summed E-state index contributed by atoms with van der Waals surface area (Å²) in [6.07, 6.45) is 1.77. The van der Waals surface area contributed by atoms with Crippen LogP contribution in [0.15, 0.2) is 66.9 Å². The van der Waals surface area contributed by atoms with Crippen molar-refractivity contribution in [2.45, 2.75) is 32.9 Å². The molecule has 0 bridgehead atoms. The van der Waals surface area contributed by atoms with E-state index in [4.69, 9.17) is 28.6 Å². The van der Waals surface area contributed by atoms with Crippen LogP contribution >= 0.6 is 23.8 Å². The summed E-state index contributed by atoms with van der Waals surface area (Å²) in [6.45, 7) is 5.95. The number of phenolic OH excluding ortho intramolecular Hbond substituents is 1. The predicted molar refractivity (Wildman–Crippen MR) is 162 cm³/mol.